The van der Waals surface area contributed by atoms with Gasteiger partial charge in [-0.1, -0.05) is 43.3 Å². The second-order valence-electron chi connectivity index (χ2n) is 6.53. The van der Waals surface area contributed by atoms with Gasteiger partial charge >= 0.3 is 0 Å². The van der Waals surface area contributed by atoms with Crippen molar-refractivity contribution in [2.45, 2.75) is 59.2 Å². The first-order valence-corrected chi connectivity index (χ1v) is 9.74. The van der Waals surface area contributed by atoms with Crippen molar-refractivity contribution in [3.8, 4) is 0 Å². The number of benzene rings is 1. The molecule has 0 amide bonds. The molecule has 28 heavy (non-hydrogen) atoms. The van der Waals surface area contributed by atoms with Crippen LogP contribution < -0.4 is 10.6 Å². The van der Waals surface area contributed by atoms with E-state index in [0.717, 1.165) is 47.9 Å². The first-order chi connectivity index (χ1) is 13.2. The first-order valence-electron chi connectivity index (χ1n) is 9.74. The number of nitrogens with zero attached hydrogens (tertiary/aromatic N) is 2. The molecule has 0 aliphatic rings. The predicted molar refractivity (Wildman–Crippen MR) is 124 cm³/mol. The van der Waals surface area contributed by atoms with E-state index < -0.39 is 0 Å². The highest BCUT2D eigenvalue weighted by atomic mass is 127. The normalized spacial score (nSPS) is 11.4. The van der Waals surface area contributed by atoms with Crippen LogP contribution in [-0.2, 0) is 24.4 Å². The van der Waals surface area contributed by atoms with Gasteiger partial charge in [-0.3, -0.25) is 0 Å². The van der Waals surface area contributed by atoms with Gasteiger partial charge in [0.1, 0.15) is 0 Å². The third-order valence-corrected chi connectivity index (χ3v) is 4.51. The monoisotopic (exact) mass is 500 g/mol. The van der Waals surface area contributed by atoms with Crippen molar-refractivity contribution in [3.05, 3.63) is 52.9 Å². The van der Waals surface area contributed by atoms with Crippen LogP contribution in [-0.4, -0.2) is 24.8 Å². The van der Waals surface area contributed by atoms with E-state index in [2.05, 4.69) is 65.8 Å². The maximum absolute atomic E-state index is 5.47. The Morgan fingerprint density at radius 1 is 1.11 bits per heavy atom. The Morgan fingerprint density at radius 3 is 2.39 bits per heavy atom. The topological polar surface area (TPSA) is 71.7 Å². The number of ether oxygens (including phenoxy) is 1. The van der Waals surface area contributed by atoms with Crippen LogP contribution in [0.25, 0.3) is 0 Å². The maximum Gasteiger partial charge on any atom is 0.191 e. The molecule has 0 unspecified atom stereocenters. The Morgan fingerprint density at radius 2 is 1.79 bits per heavy atom. The fraction of sp³-hybridized carbons (Fsp3) is 0.524. The molecule has 0 aliphatic heterocycles. The zero-order valence-electron chi connectivity index (χ0n) is 17.3. The quantitative estimate of drug-likeness (QED) is 0.284. The molecule has 156 valence electrons. The average molecular weight is 500 g/mol. The molecule has 0 spiro atoms. The van der Waals surface area contributed by atoms with E-state index in [9.17, 15) is 0 Å². The summed E-state index contributed by atoms with van der Waals surface area (Å²) in [4.78, 5) is 4.65. The van der Waals surface area contributed by atoms with Gasteiger partial charge in [-0.15, -0.1) is 24.0 Å². The van der Waals surface area contributed by atoms with E-state index in [0.29, 0.717) is 25.6 Å². The largest absolute Gasteiger partial charge is 0.380 e. The number of aliphatic imine (C=N–C) groups is 1. The Kier molecular flexibility index (Phi) is 11.8. The smallest absolute Gasteiger partial charge is 0.191 e. The average Bonchev–Trinajstić information content (AvgIpc) is 3.15. The predicted octanol–water partition coefficient (Wildman–Crippen LogP) is 4.60. The fourth-order valence-corrected chi connectivity index (χ4v) is 2.90. The summed E-state index contributed by atoms with van der Waals surface area (Å²) in [7, 11) is 1.70. The minimum atomic E-state index is 0. The van der Waals surface area contributed by atoms with E-state index in [4.69, 9.17) is 9.26 Å². The van der Waals surface area contributed by atoms with Crippen LogP contribution in [0.15, 0.2) is 39.8 Å². The van der Waals surface area contributed by atoms with E-state index >= 15 is 0 Å². The Labute approximate surface area is 185 Å². The van der Waals surface area contributed by atoms with Crippen LogP contribution in [0.5, 0.6) is 0 Å². The number of rotatable bonds is 10. The van der Waals surface area contributed by atoms with Gasteiger partial charge in [0.05, 0.1) is 25.4 Å². The lowest BCUT2D eigenvalue weighted by Gasteiger charge is -2.10. The highest BCUT2D eigenvalue weighted by Gasteiger charge is 2.13. The molecule has 2 N–H and O–H groups in total. The molecule has 1 aromatic carbocycles. The fourth-order valence-electron chi connectivity index (χ4n) is 2.90. The van der Waals surface area contributed by atoms with Gasteiger partial charge in [-0.25, -0.2) is 4.99 Å². The second-order valence-corrected chi connectivity index (χ2v) is 6.53. The molecular weight excluding hydrogens is 467 g/mol. The van der Waals surface area contributed by atoms with E-state index in [1.807, 2.05) is 6.07 Å². The number of guanidine groups is 1. The molecule has 2 rings (SSSR count). The van der Waals surface area contributed by atoms with Gasteiger partial charge in [0, 0.05) is 25.6 Å². The Balaban J connectivity index is 0.00000392. The molecule has 0 bridgehead atoms. The van der Waals surface area contributed by atoms with Crippen molar-refractivity contribution in [1.82, 2.24) is 15.8 Å². The van der Waals surface area contributed by atoms with Gasteiger partial charge < -0.3 is 19.9 Å². The summed E-state index contributed by atoms with van der Waals surface area (Å²) in [5, 5.41) is 10.8. The van der Waals surface area contributed by atoms with E-state index in [-0.39, 0.29) is 24.0 Å². The molecule has 0 fully saturated rings. The van der Waals surface area contributed by atoms with Gasteiger partial charge in [0.15, 0.2) is 11.7 Å². The SMILES string of the molecule is CCNC(=NCc1ccc(COC)cc1)NCc1cc(C(CC)CC)no1.I. The Hall–Kier alpha value is -1.61. The van der Waals surface area contributed by atoms with Crippen LogP contribution in [0.4, 0.5) is 0 Å². The van der Waals surface area contributed by atoms with Crippen LogP contribution >= 0.6 is 24.0 Å². The van der Waals surface area contributed by atoms with Gasteiger partial charge in [0.2, 0.25) is 0 Å². The van der Waals surface area contributed by atoms with E-state index in [1.165, 1.54) is 0 Å². The molecule has 1 aromatic heterocycles. The van der Waals surface area contributed by atoms with Gasteiger partial charge in [-0.05, 0) is 30.9 Å². The van der Waals surface area contributed by atoms with Crippen LogP contribution in [0.1, 0.15) is 62.1 Å². The molecule has 0 aliphatic carbocycles. The number of nitrogens with one attached hydrogen (secondary N) is 2. The summed E-state index contributed by atoms with van der Waals surface area (Å²) in [6.07, 6.45) is 2.15. The maximum atomic E-state index is 5.47. The zero-order chi connectivity index (χ0) is 19.5. The van der Waals surface area contributed by atoms with Crippen molar-refractivity contribution in [1.29, 1.82) is 0 Å². The van der Waals surface area contributed by atoms with Crippen LogP contribution in [0.2, 0.25) is 0 Å². The van der Waals surface area contributed by atoms with Crippen molar-refractivity contribution in [3.63, 3.8) is 0 Å². The molecule has 0 saturated heterocycles. The third-order valence-electron chi connectivity index (χ3n) is 4.51. The van der Waals surface area contributed by atoms with Gasteiger partial charge in [0.25, 0.3) is 0 Å². The Bertz CT molecular complexity index is 697. The summed E-state index contributed by atoms with van der Waals surface area (Å²) < 4.78 is 10.6. The van der Waals surface area contributed by atoms with Crippen molar-refractivity contribution >= 4 is 29.9 Å². The van der Waals surface area contributed by atoms with Crippen molar-refractivity contribution in [2.24, 2.45) is 4.99 Å². The molecule has 0 atom stereocenters. The van der Waals surface area contributed by atoms with Crippen LogP contribution in [0.3, 0.4) is 0 Å². The molecule has 6 nitrogen and oxygen atoms in total. The second kappa shape index (κ2) is 13.5. The lowest BCUT2D eigenvalue weighted by atomic mass is 9.99. The zero-order valence-corrected chi connectivity index (χ0v) is 19.7. The third kappa shape index (κ3) is 7.79. The van der Waals surface area contributed by atoms with E-state index in [1.54, 1.807) is 7.11 Å². The summed E-state index contributed by atoms with van der Waals surface area (Å²) in [6.45, 7) is 9.01. The molecule has 0 saturated carbocycles. The summed E-state index contributed by atoms with van der Waals surface area (Å²) >= 11 is 0. The van der Waals surface area contributed by atoms with Gasteiger partial charge in [-0.2, -0.15) is 0 Å². The molecule has 2 aromatic rings. The van der Waals surface area contributed by atoms with Crippen LogP contribution in [0, 0.1) is 0 Å². The number of hydrogen-bond acceptors (Lipinski definition) is 4. The number of aromatic nitrogens is 1. The lowest BCUT2D eigenvalue weighted by Crippen LogP contribution is -2.36. The number of halogens is 1. The standard InChI is InChI=1S/C21H32N4O2.HI/c1-5-18(6-2)20-12-19(27-25-20)14-24-21(22-7-3)23-13-16-8-10-17(11-9-16)15-26-4;/h8-12,18H,5-7,13-15H2,1-4H3,(H2,22,23,24);1H. The van der Waals surface area contributed by atoms with Crippen molar-refractivity contribution in [2.75, 3.05) is 13.7 Å². The highest BCUT2D eigenvalue weighted by Crippen LogP contribution is 2.22. The minimum absolute atomic E-state index is 0. The van der Waals surface area contributed by atoms with Crippen molar-refractivity contribution < 1.29 is 9.26 Å². The summed E-state index contributed by atoms with van der Waals surface area (Å²) in [5.41, 5.74) is 3.35. The summed E-state index contributed by atoms with van der Waals surface area (Å²) in [6, 6.07) is 10.4. The molecule has 0 radical (unpaired) electrons. The minimum Gasteiger partial charge on any atom is -0.380 e. The first kappa shape index (κ1) is 24.4. The summed E-state index contributed by atoms with van der Waals surface area (Å²) in [5.74, 6) is 2.05. The number of hydrogen-bond donors (Lipinski definition) is 2. The number of methoxy groups -OCH3 is 1. The highest BCUT2D eigenvalue weighted by molar-refractivity contribution is 14.0. The lowest BCUT2D eigenvalue weighted by molar-refractivity contribution is 0.185. The molecule has 1 heterocycles. The molecular formula is C21H33IN4O2. The molecule has 7 heteroatoms.